The summed E-state index contributed by atoms with van der Waals surface area (Å²) in [5, 5.41) is 11.9. The fourth-order valence-electron chi connectivity index (χ4n) is 3.93. The average molecular weight is 503 g/mol. The molecule has 10 heteroatoms. The number of amides is 2. The average Bonchev–Trinajstić information content (AvgIpc) is 3.23. The standard InChI is InChI=1S/C26H26N6O3S/c1-4-23-24(32-16-21(15-27)29-18(3)25(32)30-23)20-9-7-19(8-10-20)13-14-28-26(33)31-36(34,35)22-11-5-17(2)6-12-22/h5-12,16H,4,13-14H2,1-3H3,(H2,28,31,33). The van der Waals surface area contributed by atoms with Crippen molar-refractivity contribution in [2.45, 2.75) is 38.5 Å². The first-order valence-electron chi connectivity index (χ1n) is 11.5. The van der Waals surface area contributed by atoms with E-state index in [1.165, 1.54) is 12.1 Å². The summed E-state index contributed by atoms with van der Waals surface area (Å²) in [6.07, 6.45) is 2.95. The molecule has 0 saturated heterocycles. The lowest BCUT2D eigenvalue weighted by Gasteiger charge is -2.10. The molecule has 0 saturated carbocycles. The highest BCUT2D eigenvalue weighted by Gasteiger charge is 2.18. The zero-order chi connectivity index (χ0) is 25.9. The number of nitriles is 1. The van der Waals surface area contributed by atoms with Crippen LogP contribution >= 0.6 is 0 Å². The van der Waals surface area contributed by atoms with Crippen LogP contribution in [0.3, 0.4) is 0 Å². The Bertz CT molecular complexity index is 1570. The first kappa shape index (κ1) is 24.9. The van der Waals surface area contributed by atoms with Crippen molar-refractivity contribution < 1.29 is 13.2 Å². The van der Waals surface area contributed by atoms with Gasteiger partial charge in [0.2, 0.25) is 0 Å². The predicted octanol–water partition coefficient (Wildman–Crippen LogP) is 3.68. The molecule has 0 aliphatic rings. The summed E-state index contributed by atoms with van der Waals surface area (Å²) in [6.45, 7) is 5.99. The Hall–Kier alpha value is -4.23. The molecule has 9 nitrogen and oxygen atoms in total. The van der Waals surface area contributed by atoms with Crippen LogP contribution in [0, 0.1) is 25.2 Å². The Morgan fingerprint density at radius 1 is 1.06 bits per heavy atom. The lowest BCUT2D eigenvalue weighted by Crippen LogP contribution is -2.40. The van der Waals surface area contributed by atoms with Crippen LogP contribution < -0.4 is 10.0 Å². The molecule has 0 unspecified atom stereocenters. The second-order valence-corrected chi connectivity index (χ2v) is 10.1. The van der Waals surface area contributed by atoms with Crippen LogP contribution in [0.5, 0.6) is 0 Å². The van der Waals surface area contributed by atoms with E-state index in [4.69, 9.17) is 4.98 Å². The minimum absolute atomic E-state index is 0.0329. The molecule has 0 atom stereocenters. The van der Waals surface area contributed by atoms with E-state index in [2.05, 4.69) is 16.4 Å². The number of rotatable bonds is 7. The van der Waals surface area contributed by atoms with E-state index >= 15 is 0 Å². The van der Waals surface area contributed by atoms with Crippen LogP contribution in [-0.2, 0) is 22.9 Å². The Morgan fingerprint density at radius 3 is 2.39 bits per heavy atom. The van der Waals surface area contributed by atoms with Gasteiger partial charge in [0.15, 0.2) is 11.3 Å². The smallest absolute Gasteiger partial charge is 0.328 e. The van der Waals surface area contributed by atoms with E-state index in [0.29, 0.717) is 17.8 Å². The molecule has 2 N–H and O–H groups in total. The van der Waals surface area contributed by atoms with E-state index in [0.717, 1.165) is 40.1 Å². The Morgan fingerprint density at radius 2 is 1.75 bits per heavy atom. The maximum atomic E-state index is 12.3. The molecule has 0 aliphatic heterocycles. The van der Waals surface area contributed by atoms with Gasteiger partial charge >= 0.3 is 6.03 Å². The van der Waals surface area contributed by atoms with Gasteiger partial charge in [-0.15, -0.1) is 0 Å². The number of fused-ring (bicyclic) bond motifs is 1. The summed E-state index contributed by atoms with van der Waals surface area (Å²) in [4.78, 5) is 21.2. The van der Waals surface area contributed by atoms with Crippen molar-refractivity contribution in [1.82, 2.24) is 24.4 Å². The normalized spacial score (nSPS) is 11.3. The molecule has 2 amide bonds. The van der Waals surface area contributed by atoms with Gasteiger partial charge in [-0.05, 0) is 44.4 Å². The monoisotopic (exact) mass is 502 g/mol. The molecule has 4 aromatic rings. The fourth-order valence-corrected chi connectivity index (χ4v) is 4.86. The molecule has 2 aromatic carbocycles. The number of imidazole rings is 1. The van der Waals surface area contributed by atoms with Gasteiger partial charge in [-0.1, -0.05) is 48.9 Å². The Balaban J connectivity index is 1.43. The topological polar surface area (TPSA) is 129 Å². The zero-order valence-electron chi connectivity index (χ0n) is 20.2. The molecule has 2 heterocycles. The number of hydrogen-bond donors (Lipinski definition) is 2. The van der Waals surface area contributed by atoms with E-state index in [1.54, 1.807) is 18.3 Å². The number of aromatic nitrogens is 3. The third-order valence-corrected chi connectivity index (χ3v) is 7.13. The van der Waals surface area contributed by atoms with Crippen molar-refractivity contribution in [3.63, 3.8) is 0 Å². The van der Waals surface area contributed by atoms with E-state index < -0.39 is 16.1 Å². The molecular weight excluding hydrogens is 476 g/mol. The molecule has 2 aromatic heterocycles. The molecule has 0 bridgehead atoms. The number of sulfonamides is 1. The Kier molecular flexibility index (Phi) is 7.03. The summed E-state index contributed by atoms with van der Waals surface area (Å²) in [5.41, 5.74) is 6.43. The van der Waals surface area contributed by atoms with Gasteiger partial charge in [0.25, 0.3) is 10.0 Å². The lowest BCUT2D eigenvalue weighted by atomic mass is 10.0. The number of urea groups is 1. The SMILES string of the molecule is CCc1nc2c(C)nc(C#N)cn2c1-c1ccc(CCNC(=O)NS(=O)(=O)c2ccc(C)cc2)cc1. The van der Waals surface area contributed by atoms with Crippen molar-refractivity contribution in [2.75, 3.05) is 6.54 Å². The van der Waals surface area contributed by atoms with Gasteiger partial charge in [0, 0.05) is 18.3 Å². The highest BCUT2D eigenvalue weighted by atomic mass is 32.2. The predicted molar refractivity (Wildman–Crippen MR) is 136 cm³/mol. The van der Waals surface area contributed by atoms with Gasteiger partial charge in [-0.3, -0.25) is 4.40 Å². The van der Waals surface area contributed by atoms with Crippen molar-refractivity contribution in [2.24, 2.45) is 0 Å². The molecule has 36 heavy (non-hydrogen) atoms. The fraction of sp³-hybridized carbons (Fsp3) is 0.231. The van der Waals surface area contributed by atoms with Crippen LogP contribution in [0.2, 0.25) is 0 Å². The van der Waals surface area contributed by atoms with Crippen molar-refractivity contribution >= 4 is 21.7 Å². The first-order chi connectivity index (χ1) is 17.2. The Labute approximate surface area is 209 Å². The number of carbonyl (C=O) groups excluding carboxylic acids is 1. The van der Waals surface area contributed by atoms with Crippen LogP contribution in [0.15, 0.2) is 59.6 Å². The third-order valence-electron chi connectivity index (χ3n) is 5.78. The summed E-state index contributed by atoms with van der Waals surface area (Å²) < 4.78 is 28.6. The van der Waals surface area contributed by atoms with Crippen molar-refractivity contribution in [3.05, 3.63) is 82.9 Å². The highest BCUT2D eigenvalue weighted by Crippen LogP contribution is 2.27. The minimum atomic E-state index is -3.93. The second kappa shape index (κ2) is 10.2. The van der Waals surface area contributed by atoms with Gasteiger partial charge in [-0.25, -0.2) is 27.9 Å². The maximum Gasteiger partial charge on any atom is 0.328 e. The molecule has 0 aliphatic carbocycles. The van der Waals surface area contributed by atoms with Crippen LogP contribution in [-0.4, -0.2) is 35.4 Å². The summed E-state index contributed by atoms with van der Waals surface area (Å²) in [7, 11) is -3.93. The molecule has 184 valence electrons. The van der Waals surface area contributed by atoms with Crippen molar-refractivity contribution in [1.29, 1.82) is 5.26 Å². The highest BCUT2D eigenvalue weighted by molar-refractivity contribution is 7.90. The van der Waals surface area contributed by atoms with Crippen LogP contribution in [0.4, 0.5) is 4.79 Å². The van der Waals surface area contributed by atoms with Crippen LogP contribution in [0.1, 0.15) is 35.1 Å². The third kappa shape index (κ3) is 5.21. The largest absolute Gasteiger partial charge is 0.337 e. The molecule has 0 fully saturated rings. The summed E-state index contributed by atoms with van der Waals surface area (Å²) >= 11 is 0. The second-order valence-electron chi connectivity index (χ2n) is 8.40. The number of carbonyl (C=O) groups is 1. The molecule has 0 spiro atoms. The number of benzene rings is 2. The van der Waals surface area contributed by atoms with Crippen molar-refractivity contribution in [3.8, 4) is 17.3 Å². The van der Waals surface area contributed by atoms with E-state index in [1.807, 2.05) is 54.2 Å². The maximum absolute atomic E-state index is 12.3. The van der Waals surface area contributed by atoms with Gasteiger partial charge < -0.3 is 5.32 Å². The number of hydrogen-bond acceptors (Lipinski definition) is 6. The molecule has 4 rings (SSSR count). The van der Waals surface area contributed by atoms with Gasteiger partial charge in [0.05, 0.1) is 22.0 Å². The number of nitrogens with one attached hydrogen (secondary N) is 2. The van der Waals surface area contributed by atoms with Gasteiger partial charge in [0.1, 0.15) is 6.07 Å². The lowest BCUT2D eigenvalue weighted by molar-refractivity contribution is 0.246. The van der Waals surface area contributed by atoms with E-state index in [9.17, 15) is 18.5 Å². The number of aryl methyl sites for hydroxylation is 3. The van der Waals surface area contributed by atoms with Gasteiger partial charge in [-0.2, -0.15) is 5.26 Å². The summed E-state index contributed by atoms with van der Waals surface area (Å²) in [5.74, 6) is 0. The quantitative estimate of drug-likeness (QED) is 0.397. The molecular formula is C26H26N6O3S. The first-order valence-corrected chi connectivity index (χ1v) is 13.0. The molecule has 0 radical (unpaired) electrons. The summed E-state index contributed by atoms with van der Waals surface area (Å²) in [6, 6.07) is 15.4. The van der Waals surface area contributed by atoms with Crippen LogP contribution in [0.25, 0.3) is 16.9 Å². The van der Waals surface area contributed by atoms with E-state index in [-0.39, 0.29) is 11.4 Å². The zero-order valence-corrected chi connectivity index (χ0v) is 21.1. The number of nitrogens with zero attached hydrogens (tertiary/aromatic N) is 4. The minimum Gasteiger partial charge on any atom is -0.337 e.